The fraction of sp³-hybridized carbons (Fsp3) is 0.389. The van der Waals surface area contributed by atoms with Crippen LogP contribution in [0.1, 0.15) is 26.4 Å². The van der Waals surface area contributed by atoms with Crippen molar-refractivity contribution in [2.45, 2.75) is 25.9 Å². The van der Waals surface area contributed by atoms with Gasteiger partial charge in [0.25, 0.3) is 5.91 Å². The van der Waals surface area contributed by atoms with Crippen LogP contribution in [0.2, 0.25) is 0 Å². The fourth-order valence-electron chi connectivity index (χ4n) is 3.38. The zero-order chi connectivity index (χ0) is 15.1. The number of amides is 1. The second kappa shape index (κ2) is 5.52. The van der Waals surface area contributed by atoms with E-state index in [2.05, 4.69) is 29.2 Å². The number of nitrogens with zero attached hydrogens (tertiary/aromatic N) is 2. The van der Waals surface area contributed by atoms with Gasteiger partial charge in [-0.25, -0.2) is 0 Å². The molecule has 2 aromatic rings. The van der Waals surface area contributed by atoms with Crippen molar-refractivity contribution in [3.05, 3.63) is 57.3 Å². The summed E-state index contributed by atoms with van der Waals surface area (Å²) in [4.78, 5) is 17.8. The van der Waals surface area contributed by atoms with Gasteiger partial charge in [-0.2, -0.15) is 0 Å². The van der Waals surface area contributed by atoms with E-state index in [9.17, 15) is 4.79 Å². The Morgan fingerprint density at radius 2 is 2.00 bits per heavy atom. The lowest BCUT2D eigenvalue weighted by atomic mass is 9.96. The number of hydrogen-bond acceptors (Lipinski definition) is 3. The highest BCUT2D eigenvalue weighted by molar-refractivity contribution is 7.12. The molecule has 2 aliphatic rings. The fourth-order valence-corrected chi connectivity index (χ4v) is 4.25. The summed E-state index contributed by atoms with van der Waals surface area (Å²) in [5.74, 6) is 0.201. The molecule has 0 atom stereocenters. The molecule has 1 aromatic heterocycles. The Morgan fingerprint density at radius 3 is 2.73 bits per heavy atom. The first-order chi connectivity index (χ1) is 10.7. The number of aryl methyl sites for hydroxylation is 1. The van der Waals surface area contributed by atoms with Crippen molar-refractivity contribution in [2.75, 3.05) is 19.6 Å². The molecular weight excluding hydrogens is 292 g/mol. The maximum atomic E-state index is 12.4. The zero-order valence-electron chi connectivity index (χ0n) is 12.8. The quantitative estimate of drug-likeness (QED) is 0.851. The van der Waals surface area contributed by atoms with E-state index in [0.29, 0.717) is 6.04 Å². The molecule has 0 spiro atoms. The monoisotopic (exact) mass is 312 g/mol. The smallest absolute Gasteiger partial charge is 0.264 e. The van der Waals surface area contributed by atoms with Crippen molar-refractivity contribution < 1.29 is 4.79 Å². The summed E-state index contributed by atoms with van der Waals surface area (Å²) in [5.41, 5.74) is 4.12. The number of benzene rings is 1. The number of carbonyl (C=O) groups is 1. The van der Waals surface area contributed by atoms with E-state index in [1.165, 1.54) is 16.7 Å². The Kier molecular flexibility index (Phi) is 3.51. The Labute approximate surface area is 135 Å². The van der Waals surface area contributed by atoms with Crippen molar-refractivity contribution in [3.8, 4) is 0 Å². The third-order valence-corrected chi connectivity index (χ3v) is 5.80. The molecule has 114 valence electrons. The molecule has 22 heavy (non-hydrogen) atoms. The van der Waals surface area contributed by atoms with Crippen molar-refractivity contribution in [1.29, 1.82) is 0 Å². The molecule has 0 aliphatic carbocycles. The highest BCUT2D eigenvalue weighted by Gasteiger charge is 2.36. The molecule has 3 nitrogen and oxygen atoms in total. The molecule has 1 saturated heterocycles. The SMILES string of the molecule is Cc1csc(C(=O)N2CC(N3CCc4ccccc4C3)C2)c1. The molecule has 3 heterocycles. The van der Waals surface area contributed by atoms with Crippen molar-refractivity contribution in [1.82, 2.24) is 9.80 Å². The number of likely N-dealkylation sites (tertiary alicyclic amines) is 1. The second-order valence-electron chi connectivity index (χ2n) is 6.34. The van der Waals surface area contributed by atoms with Gasteiger partial charge in [-0.15, -0.1) is 11.3 Å². The first-order valence-corrected chi connectivity index (χ1v) is 8.74. The predicted octanol–water partition coefficient (Wildman–Crippen LogP) is 2.94. The van der Waals surface area contributed by atoms with Crippen LogP contribution in [0.4, 0.5) is 0 Å². The summed E-state index contributed by atoms with van der Waals surface area (Å²) in [6, 6.07) is 11.2. The summed E-state index contributed by atoms with van der Waals surface area (Å²) in [6.07, 6.45) is 1.13. The van der Waals surface area contributed by atoms with E-state index < -0.39 is 0 Å². The van der Waals surface area contributed by atoms with Crippen LogP contribution in [-0.2, 0) is 13.0 Å². The number of carbonyl (C=O) groups excluding carboxylic acids is 1. The normalized spacial score (nSPS) is 18.9. The average Bonchev–Trinajstić information content (AvgIpc) is 2.92. The van der Waals surface area contributed by atoms with Gasteiger partial charge in [-0.1, -0.05) is 24.3 Å². The lowest BCUT2D eigenvalue weighted by Crippen LogP contribution is -2.61. The summed E-state index contributed by atoms with van der Waals surface area (Å²) in [6.45, 7) is 5.93. The maximum absolute atomic E-state index is 12.4. The first kappa shape index (κ1) is 14.0. The van der Waals surface area contributed by atoms with Crippen LogP contribution in [0, 0.1) is 6.92 Å². The topological polar surface area (TPSA) is 23.6 Å². The van der Waals surface area contributed by atoms with E-state index >= 15 is 0 Å². The average molecular weight is 312 g/mol. The molecule has 0 bridgehead atoms. The predicted molar refractivity (Wildman–Crippen MR) is 89.3 cm³/mol. The summed E-state index contributed by atoms with van der Waals surface area (Å²) in [7, 11) is 0. The molecule has 1 aromatic carbocycles. The lowest BCUT2D eigenvalue weighted by Gasteiger charge is -2.46. The third kappa shape index (κ3) is 2.46. The van der Waals surface area contributed by atoms with Crippen molar-refractivity contribution in [3.63, 3.8) is 0 Å². The summed E-state index contributed by atoms with van der Waals surface area (Å²) in [5, 5.41) is 2.05. The van der Waals surface area contributed by atoms with Gasteiger partial charge in [0.1, 0.15) is 0 Å². The second-order valence-corrected chi connectivity index (χ2v) is 7.25. The van der Waals surface area contributed by atoms with E-state index in [1.807, 2.05) is 23.3 Å². The largest absolute Gasteiger partial charge is 0.335 e. The number of hydrogen-bond donors (Lipinski definition) is 0. The summed E-state index contributed by atoms with van der Waals surface area (Å²) < 4.78 is 0. The van der Waals surface area contributed by atoms with E-state index in [-0.39, 0.29) is 5.91 Å². The van der Waals surface area contributed by atoms with Gasteiger partial charge < -0.3 is 4.90 Å². The maximum Gasteiger partial charge on any atom is 0.264 e. The molecule has 0 unspecified atom stereocenters. The third-order valence-electron chi connectivity index (χ3n) is 4.77. The van der Waals surface area contributed by atoms with Crippen molar-refractivity contribution in [2.24, 2.45) is 0 Å². The minimum atomic E-state index is 0.201. The van der Waals surface area contributed by atoms with Gasteiger partial charge in [0.2, 0.25) is 0 Å². The van der Waals surface area contributed by atoms with Crippen LogP contribution in [0.15, 0.2) is 35.7 Å². The molecule has 4 heteroatoms. The van der Waals surface area contributed by atoms with Gasteiger partial charge in [-0.05, 0) is 41.5 Å². The molecule has 0 saturated carbocycles. The van der Waals surface area contributed by atoms with Crippen LogP contribution >= 0.6 is 11.3 Å². The molecule has 1 amide bonds. The molecule has 2 aliphatic heterocycles. The van der Waals surface area contributed by atoms with Crippen LogP contribution in [-0.4, -0.2) is 41.4 Å². The number of fused-ring (bicyclic) bond motifs is 1. The van der Waals surface area contributed by atoms with Crippen LogP contribution in [0.25, 0.3) is 0 Å². The van der Waals surface area contributed by atoms with Gasteiger partial charge in [0.05, 0.1) is 4.88 Å². The highest BCUT2D eigenvalue weighted by Crippen LogP contribution is 2.26. The van der Waals surface area contributed by atoms with E-state index in [1.54, 1.807) is 11.3 Å². The molecule has 1 fully saturated rings. The highest BCUT2D eigenvalue weighted by atomic mass is 32.1. The van der Waals surface area contributed by atoms with Gasteiger partial charge >= 0.3 is 0 Å². The zero-order valence-corrected chi connectivity index (χ0v) is 13.6. The van der Waals surface area contributed by atoms with Crippen LogP contribution < -0.4 is 0 Å². The Hall–Kier alpha value is -1.65. The lowest BCUT2D eigenvalue weighted by molar-refractivity contribution is 0.0222. The minimum absolute atomic E-state index is 0.201. The van der Waals surface area contributed by atoms with Crippen LogP contribution in [0.5, 0.6) is 0 Å². The first-order valence-electron chi connectivity index (χ1n) is 7.86. The molecule has 0 radical (unpaired) electrons. The Bertz CT molecular complexity index is 703. The van der Waals surface area contributed by atoms with Crippen LogP contribution in [0.3, 0.4) is 0 Å². The van der Waals surface area contributed by atoms with E-state index in [0.717, 1.165) is 37.5 Å². The van der Waals surface area contributed by atoms with Gasteiger partial charge in [0.15, 0.2) is 0 Å². The van der Waals surface area contributed by atoms with E-state index in [4.69, 9.17) is 0 Å². The minimum Gasteiger partial charge on any atom is -0.335 e. The molecule has 0 N–H and O–H groups in total. The summed E-state index contributed by atoms with van der Waals surface area (Å²) >= 11 is 1.56. The molecular formula is C18H20N2OS. The van der Waals surface area contributed by atoms with Gasteiger partial charge in [0, 0.05) is 32.2 Å². The Morgan fingerprint density at radius 1 is 1.23 bits per heavy atom. The number of thiophene rings is 1. The Balaban J connectivity index is 1.37. The van der Waals surface area contributed by atoms with Gasteiger partial charge in [-0.3, -0.25) is 9.69 Å². The van der Waals surface area contributed by atoms with Crippen molar-refractivity contribution >= 4 is 17.2 Å². The standard InChI is InChI=1S/C18H20N2OS/c1-13-8-17(22-12-13)18(21)20-10-16(11-20)19-7-6-14-4-2-3-5-15(14)9-19/h2-5,8,12,16H,6-7,9-11H2,1H3. The molecule has 4 rings (SSSR count). The number of rotatable bonds is 2.